The third-order valence-electron chi connectivity index (χ3n) is 6.19. The summed E-state index contributed by atoms with van der Waals surface area (Å²) in [6.07, 6.45) is -3.69. The van der Waals surface area contributed by atoms with Gasteiger partial charge in [-0.2, -0.15) is 13.2 Å². The van der Waals surface area contributed by atoms with E-state index in [9.17, 15) is 23.1 Å². The van der Waals surface area contributed by atoms with Gasteiger partial charge in [0.05, 0.1) is 5.41 Å². The van der Waals surface area contributed by atoms with Crippen LogP contribution in [-0.2, 0) is 11.2 Å². The lowest BCUT2D eigenvalue weighted by Crippen LogP contribution is -2.42. The molecule has 2 N–H and O–H groups in total. The molecule has 1 saturated carbocycles. The molecule has 1 aromatic heterocycles. The number of amides is 1. The number of benzene rings is 1. The van der Waals surface area contributed by atoms with Gasteiger partial charge >= 0.3 is 6.18 Å². The molecular formula is C23H29F3N2O2S. The summed E-state index contributed by atoms with van der Waals surface area (Å²) in [5.41, 5.74) is -0.777. The van der Waals surface area contributed by atoms with Crippen molar-refractivity contribution >= 4 is 17.2 Å². The smallest absolute Gasteiger partial charge is 0.395 e. The van der Waals surface area contributed by atoms with Crippen LogP contribution >= 0.6 is 11.3 Å². The number of carbonyl (C=O) groups is 1. The van der Waals surface area contributed by atoms with Crippen molar-refractivity contribution in [2.24, 2.45) is 5.41 Å². The number of phenolic OH excluding ortho intramolecular Hbond substituents is 1. The fraction of sp³-hybridized carbons (Fsp3) is 0.522. The van der Waals surface area contributed by atoms with Crippen LogP contribution in [0.15, 0.2) is 36.4 Å². The zero-order chi connectivity index (χ0) is 22.8. The number of carbonyl (C=O) groups excluding carboxylic acids is 1. The number of hydrogen-bond donors (Lipinski definition) is 2. The van der Waals surface area contributed by atoms with Gasteiger partial charge in [0, 0.05) is 34.7 Å². The molecule has 0 saturated heterocycles. The summed E-state index contributed by atoms with van der Waals surface area (Å²) >= 11 is 1.34. The fourth-order valence-electron chi connectivity index (χ4n) is 4.00. The first kappa shape index (κ1) is 23.6. The van der Waals surface area contributed by atoms with Gasteiger partial charge in [0.25, 0.3) is 0 Å². The summed E-state index contributed by atoms with van der Waals surface area (Å²) in [6, 6.07) is 10.4. The zero-order valence-electron chi connectivity index (χ0n) is 18.0. The number of likely N-dealkylation sites (N-methyl/N-ethyl adjacent to an activating group) is 1. The van der Waals surface area contributed by atoms with Gasteiger partial charge in [0.15, 0.2) is 0 Å². The van der Waals surface area contributed by atoms with Gasteiger partial charge in [-0.1, -0.05) is 12.1 Å². The molecule has 170 valence electrons. The van der Waals surface area contributed by atoms with Crippen LogP contribution in [-0.4, -0.2) is 48.8 Å². The number of hydrogen-bond acceptors (Lipinski definition) is 4. The summed E-state index contributed by atoms with van der Waals surface area (Å²) in [5, 5.41) is 12.3. The number of alkyl halides is 3. The highest BCUT2D eigenvalue weighted by Crippen LogP contribution is 2.66. The predicted octanol–water partition coefficient (Wildman–Crippen LogP) is 4.87. The number of phenols is 1. The van der Waals surface area contributed by atoms with Gasteiger partial charge < -0.3 is 15.3 Å². The number of rotatable bonds is 9. The second-order valence-electron chi connectivity index (χ2n) is 8.65. The first-order chi connectivity index (χ1) is 14.5. The van der Waals surface area contributed by atoms with E-state index >= 15 is 0 Å². The van der Waals surface area contributed by atoms with Crippen LogP contribution in [0.4, 0.5) is 13.2 Å². The Hall–Kier alpha value is -2.06. The van der Waals surface area contributed by atoms with Gasteiger partial charge in [-0.3, -0.25) is 4.79 Å². The van der Waals surface area contributed by atoms with E-state index in [-0.39, 0.29) is 37.0 Å². The standard InChI is InChI=1S/C23H29F3N2O2S/c1-15-4-9-20(31-15)19(22(10-11-22)23(24,25)26)13-21(30)27-14-17(28(2)3)12-16-5-7-18(29)8-6-16/h4-9,17,19,29H,10-14H2,1-3H3,(H,27,30)/t17-,19?/m0/s1. The fourth-order valence-corrected chi connectivity index (χ4v) is 5.10. The monoisotopic (exact) mass is 454 g/mol. The van der Waals surface area contributed by atoms with Crippen molar-refractivity contribution in [1.29, 1.82) is 0 Å². The third kappa shape index (κ3) is 5.60. The average Bonchev–Trinajstić information content (AvgIpc) is 3.40. The second-order valence-corrected chi connectivity index (χ2v) is 9.97. The maximum atomic E-state index is 13.8. The van der Waals surface area contributed by atoms with E-state index in [0.29, 0.717) is 17.8 Å². The van der Waals surface area contributed by atoms with Crippen molar-refractivity contribution in [3.63, 3.8) is 0 Å². The van der Waals surface area contributed by atoms with E-state index in [1.54, 1.807) is 18.2 Å². The molecule has 1 fully saturated rings. The molecular weight excluding hydrogens is 425 g/mol. The second kappa shape index (κ2) is 9.20. The number of nitrogens with one attached hydrogen (secondary N) is 1. The summed E-state index contributed by atoms with van der Waals surface area (Å²) in [5.74, 6) is -1.02. The van der Waals surface area contributed by atoms with Gasteiger partial charge in [-0.15, -0.1) is 11.3 Å². The van der Waals surface area contributed by atoms with Crippen LogP contribution in [0.25, 0.3) is 0 Å². The van der Waals surface area contributed by atoms with E-state index in [0.717, 1.165) is 10.4 Å². The predicted molar refractivity (Wildman–Crippen MR) is 116 cm³/mol. The van der Waals surface area contributed by atoms with Crippen LogP contribution in [0, 0.1) is 12.3 Å². The van der Waals surface area contributed by atoms with Crippen LogP contribution in [0.3, 0.4) is 0 Å². The van der Waals surface area contributed by atoms with E-state index < -0.39 is 17.5 Å². The molecule has 4 nitrogen and oxygen atoms in total. The summed E-state index contributed by atoms with van der Waals surface area (Å²) in [6.45, 7) is 2.20. The van der Waals surface area contributed by atoms with Crippen LogP contribution in [0.5, 0.6) is 5.75 Å². The minimum absolute atomic E-state index is 0.0200. The van der Waals surface area contributed by atoms with E-state index in [1.165, 1.54) is 11.3 Å². The van der Waals surface area contributed by atoms with Crippen molar-refractivity contribution in [2.45, 2.75) is 50.7 Å². The Bertz CT molecular complexity index is 889. The minimum atomic E-state index is -4.32. The molecule has 0 bridgehead atoms. The Morgan fingerprint density at radius 2 is 1.84 bits per heavy atom. The molecule has 1 heterocycles. The number of aryl methyl sites for hydroxylation is 1. The van der Waals surface area contributed by atoms with E-state index in [2.05, 4.69) is 5.32 Å². The van der Waals surface area contributed by atoms with Gasteiger partial charge in [-0.05, 0) is 70.1 Å². The average molecular weight is 455 g/mol. The lowest BCUT2D eigenvalue weighted by molar-refractivity contribution is -0.194. The lowest BCUT2D eigenvalue weighted by Gasteiger charge is -2.29. The molecule has 1 unspecified atom stereocenters. The summed E-state index contributed by atoms with van der Waals surface area (Å²) < 4.78 is 41.5. The molecule has 8 heteroatoms. The SMILES string of the molecule is Cc1ccc(C(CC(=O)NC[C@H](Cc2ccc(O)cc2)N(C)C)C2(C(F)(F)F)CC2)s1. The molecule has 0 spiro atoms. The van der Waals surface area contributed by atoms with E-state index in [1.807, 2.05) is 44.1 Å². The summed E-state index contributed by atoms with van der Waals surface area (Å²) in [4.78, 5) is 16.3. The molecule has 1 aromatic carbocycles. The highest BCUT2D eigenvalue weighted by atomic mass is 32.1. The molecule has 1 aliphatic carbocycles. The highest BCUT2D eigenvalue weighted by Gasteiger charge is 2.67. The van der Waals surface area contributed by atoms with E-state index in [4.69, 9.17) is 0 Å². The number of thiophene rings is 1. The molecule has 2 atom stereocenters. The third-order valence-corrected chi connectivity index (χ3v) is 7.30. The van der Waals surface area contributed by atoms with Crippen molar-refractivity contribution in [3.8, 4) is 5.75 Å². The first-order valence-corrected chi connectivity index (χ1v) is 11.2. The topological polar surface area (TPSA) is 52.6 Å². The highest BCUT2D eigenvalue weighted by molar-refractivity contribution is 7.12. The molecule has 1 aliphatic rings. The van der Waals surface area contributed by atoms with Crippen molar-refractivity contribution < 1.29 is 23.1 Å². The van der Waals surface area contributed by atoms with Crippen LogP contribution in [0.1, 0.15) is 40.5 Å². The molecule has 3 rings (SSSR count). The maximum Gasteiger partial charge on any atom is 0.395 e. The molecule has 0 aliphatic heterocycles. The van der Waals surface area contributed by atoms with Crippen molar-refractivity contribution in [2.75, 3.05) is 20.6 Å². The van der Waals surface area contributed by atoms with Gasteiger partial charge in [-0.25, -0.2) is 0 Å². The number of halogens is 3. The Balaban J connectivity index is 1.67. The van der Waals surface area contributed by atoms with Gasteiger partial charge in [0.1, 0.15) is 5.75 Å². The first-order valence-electron chi connectivity index (χ1n) is 10.4. The maximum absolute atomic E-state index is 13.8. The Kier molecular flexibility index (Phi) is 7.01. The molecule has 31 heavy (non-hydrogen) atoms. The minimum Gasteiger partial charge on any atom is -0.508 e. The molecule has 0 radical (unpaired) electrons. The normalized spacial score (nSPS) is 17.4. The summed E-state index contributed by atoms with van der Waals surface area (Å²) in [7, 11) is 3.80. The molecule has 2 aromatic rings. The molecule has 1 amide bonds. The lowest BCUT2D eigenvalue weighted by atomic mass is 9.84. The zero-order valence-corrected chi connectivity index (χ0v) is 18.8. The van der Waals surface area contributed by atoms with Gasteiger partial charge in [0.2, 0.25) is 5.91 Å². The quantitative estimate of drug-likeness (QED) is 0.569. The number of aromatic hydroxyl groups is 1. The largest absolute Gasteiger partial charge is 0.508 e. The van der Waals surface area contributed by atoms with Crippen LogP contribution in [0.2, 0.25) is 0 Å². The Morgan fingerprint density at radius 3 is 2.32 bits per heavy atom. The Labute approximate surface area is 185 Å². The van der Waals surface area contributed by atoms with Crippen LogP contribution < -0.4 is 5.32 Å². The van der Waals surface area contributed by atoms with Crippen molar-refractivity contribution in [3.05, 3.63) is 51.7 Å². The Morgan fingerprint density at radius 1 is 1.19 bits per heavy atom. The number of nitrogens with zero attached hydrogens (tertiary/aromatic N) is 1. The van der Waals surface area contributed by atoms with Crippen molar-refractivity contribution in [1.82, 2.24) is 10.2 Å².